The summed E-state index contributed by atoms with van der Waals surface area (Å²) in [4.78, 5) is 17.1. The van der Waals surface area contributed by atoms with Crippen LogP contribution in [0.3, 0.4) is 0 Å². The third-order valence-corrected chi connectivity index (χ3v) is 5.66. The average molecular weight is 430 g/mol. The van der Waals surface area contributed by atoms with Crippen LogP contribution in [0.15, 0.2) is 84.1 Å². The van der Waals surface area contributed by atoms with Gasteiger partial charge in [-0.25, -0.2) is 0 Å². The number of carbonyl (C=O) groups is 1. The summed E-state index contributed by atoms with van der Waals surface area (Å²) in [5.74, 6) is 1.10. The molecule has 2 aromatic heterocycles. The van der Waals surface area contributed by atoms with Gasteiger partial charge in [0, 0.05) is 17.6 Å². The maximum atomic E-state index is 12.7. The summed E-state index contributed by atoms with van der Waals surface area (Å²) in [5.41, 5.74) is 3.61. The summed E-state index contributed by atoms with van der Waals surface area (Å²) in [6.07, 6.45) is 1.73. The summed E-state index contributed by atoms with van der Waals surface area (Å²) in [6.45, 7) is 4.22. The van der Waals surface area contributed by atoms with E-state index in [9.17, 15) is 4.79 Å². The Labute approximate surface area is 185 Å². The zero-order valence-corrected chi connectivity index (χ0v) is 18.2. The summed E-state index contributed by atoms with van der Waals surface area (Å²) in [5, 5.41) is 12.4. The molecule has 0 bridgehead atoms. The van der Waals surface area contributed by atoms with Crippen LogP contribution in [0.25, 0.3) is 17.2 Å². The zero-order chi connectivity index (χ0) is 21.6. The van der Waals surface area contributed by atoms with Crippen molar-refractivity contribution in [1.29, 1.82) is 0 Å². The predicted octanol–water partition coefficient (Wildman–Crippen LogP) is 5.18. The molecule has 0 saturated carbocycles. The van der Waals surface area contributed by atoms with Crippen molar-refractivity contribution in [3.8, 4) is 17.2 Å². The van der Waals surface area contributed by atoms with E-state index in [0.717, 1.165) is 22.6 Å². The number of nitrogens with zero attached hydrogens (tertiary/aromatic N) is 4. The van der Waals surface area contributed by atoms with Crippen LogP contribution in [0.5, 0.6) is 0 Å². The lowest BCUT2D eigenvalue weighted by atomic mass is 10.0. The fourth-order valence-corrected chi connectivity index (χ4v) is 4.02. The topological polar surface area (TPSA) is 72.7 Å². The maximum Gasteiger partial charge on any atom is 0.234 e. The SMILES string of the molecule is CC(C)c1ccccc1NC(=O)CSc1nnc(-c2ccccn2)n1-c1ccccc1. The Morgan fingerprint density at radius 3 is 2.45 bits per heavy atom. The van der Waals surface area contributed by atoms with E-state index < -0.39 is 0 Å². The second kappa shape index (κ2) is 9.57. The van der Waals surface area contributed by atoms with Crippen LogP contribution in [0.1, 0.15) is 25.3 Å². The third-order valence-electron chi connectivity index (χ3n) is 4.73. The van der Waals surface area contributed by atoms with E-state index in [1.165, 1.54) is 11.8 Å². The van der Waals surface area contributed by atoms with Crippen molar-refractivity contribution in [3.63, 3.8) is 0 Å². The van der Waals surface area contributed by atoms with Crippen LogP contribution in [-0.2, 0) is 4.79 Å². The van der Waals surface area contributed by atoms with Crippen LogP contribution in [0.2, 0.25) is 0 Å². The van der Waals surface area contributed by atoms with E-state index in [1.54, 1.807) is 6.20 Å². The molecule has 4 rings (SSSR count). The van der Waals surface area contributed by atoms with Crippen molar-refractivity contribution in [2.24, 2.45) is 0 Å². The van der Waals surface area contributed by atoms with E-state index in [0.29, 0.717) is 16.9 Å². The number of amides is 1. The fourth-order valence-electron chi connectivity index (χ4n) is 3.26. The lowest BCUT2D eigenvalue weighted by molar-refractivity contribution is -0.113. The van der Waals surface area contributed by atoms with Crippen LogP contribution in [0, 0.1) is 0 Å². The molecule has 2 heterocycles. The number of aromatic nitrogens is 4. The first-order valence-electron chi connectivity index (χ1n) is 10.1. The smallest absolute Gasteiger partial charge is 0.234 e. The quantitative estimate of drug-likeness (QED) is 0.410. The average Bonchev–Trinajstić information content (AvgIpc) is 3.23. The Morgan fingerprint density at radius 2 is 1.71 bits per heavy atom. The molecule has 0 saturated heterocycles. The van der Waals surface area contributed by atoms with E-state index in [1.807, 2.05) is 77.4 Å². The number of thioether (sulfide) groups is 1. The largest absolute Gasteiger partial charge is 0.325 e. The summed E-state index contributed by atoms with van der Waals surface area (Å²) in [6, 6.07) is 23.4. The monoisotopic (exact) mass is 429 g/mol. The molecule has 0 radical (unpaired) electrons. The van der Waals surface area contributed by atoms with Gasteiger partial charge in [0.2, 0.25) is 5.91 Å². The molecule has 0 atom stereocenters. The van der Waals surface area contributed by atoms with E-state index in [-0.39, 0.29) is 11.7 Å². The van der Waals surface area contributed by atoms with Gasteiger partial charge >= 0.3 is 0 Å². The number of carbonyl (C=O) groups excluding carboxylic acids is 1. The number of rotatable bonds is 7. The normalized spacial score (nSPS) is 10.9. The molecule has 0 unspecified atom stereocenters. The van der Waals surface area contributed by atoms with Crippen LogP contribution >= 0.6 is 11.8 Å². The Balaban J connectivity index is 1.57. The lowest BCUT2D eigenvalue weighted by Gasteiger charge is -2.13. The standard InChI is InChI=1S/C24H23N5OS/c1-17(2)19-12-6-7-13-20(19)26-22(30)16-31-24-28-27-23(21-14-8-9-15-25-21)29(24)18-10-4-3-5-11-18/h3-15,17H,16H2,1-2H3,(H,26,30). The Kier molecular flexibility index (Phi) is 6.43. The second-order valence-electron chi connectivity index (χ2n) is 7.27. The molecule has 0 aliphatic rings. The molecule has 1 amide bonds. The predicted molar refractivity (Wildman–Crippen MR) is 124 cm³/mol. The summed E-state index contributed by atoms with van der Waals surface area (Å²) in [7, 11) is 0. The van der Waals surface area contributed by atoms with Crippen molar-refractivity contribution >= 4 is 23.4 Å². The van der Waals surface area contributed by atoms with Crippen molar-refractivity contribution in [1.82, 2.24) is 19.7 Å². The van der Waals surface area contributed by atoms with Gasteiger partial charge in [-0.2, -0.15) is 0 Å². The molecule has 6 nitrogen and oxygen atoms in total. The van der Waals surface area contributed by atoms with Crippen LogP contribution < -0.4 is 5.32 Å². The molecular weight excluding hydrogens is 406 g/mol. The van der Waals surface area contributed by atoms with Crippen LogP contribution in [0.4, 0.5) is 5.69 Å². The van der Waals surface area contributed by atoms with E-state index in [2.05, 4.69) is 34.3 Å². The van der Waals surface area contributed by atoms with Crippen molar-refractivity contribution < 1.29 is 4.79 Å². The van der Waals surface area contributed by atoms with Gasteiger partial charge < -0.3 is 5.32 Å². The molecule has 0 fully saturated rings. The molecule has 2 aromatic carbocycles. The molecule has 7 heteroatoms. The highest BCUT2D eigenvalue weighted by molar-refractivity contribution is 7.99. The minimum absolute atomic E-state index is 0.0832. The van der Waals surface area contributed by atoms with Crippen LogP contribution in [-0.4, -0.2) is 31.4 Å². The first-order chi connectivity index (χ1) is 15.1. The van der Waals surface area contributed by atoms with Gasteiger partial charge in [-0.15, -0.1) is 10.2 Å². The molecule has 0 aliphatic carbocycles. The highest BCUT2D eigenvalue weighted by Crippen LogP contribution is 2.28. The van der Waals surface area contributed by atoms with Crippen molar-refractivity contribution in [2.45, 2.75) is 24.9 Å². The van der Waals surface area contributed by atoms with Gasteiger partial charge in [-0.1, -0.05) is 68.1 Å². The Bertz CT molecular complexity index is 1160. The molecule has 1 N–H and O–H groups in total. The molecular formula is C24H23N5OS. The van der Waals surface area contributed by atoms with Gasteiger partial charge in [0.05, 0.1) is 5.75 Å². The number of nitrogens with one attached hydrogen (secondary N) is 1. The number of para-hydroxylation sites is 2. The number of hydrogen-bond donors (Lipinski definition) is 1. The molecule has 31 heavy (non-hydrogen) atoms. The van der Waals surface area contributed by atoms with E-state index in [4.69, 9.17) is 0 Å². The summed E-state index contributed by atoms with van der Waals surface area (Å²) >= 11 is 1.35. The Hall–Kier alpha value is -3.45. The lowest BCUT2D eigenvalue weighted by Crippen LogP contribution is -2.16. The molecule has 156 valence electrons. The zero-order valence-electron chi connectivity index (χ0n) is 17.4. The second-order valence-corrected chi connectivity index (χ2v) is 8.21. The van der Waals surface area contributed by atoms with Gasteiger partial charge in [0.1, 0.15) is 5.69 Å². The first kappa shape index (κ1) is 20.8. The number of pyridine rings is 1. The molecule has 0 spiro atoms. The minimum atomic E-state index is -0.0832. The Morgan fingerprint density at radius 1 is 0.968 bits per heavy atom. The van der Waals surface area contributed by atoms with Gasteiger partial charge in [0.15, 0.2) is 11.0 Å². The van der Waals surface area contributed by atoms with Gasteiger partial charge in [-0.3, -0.25) is 14.3 Å². The number of hydrogen-bond acceptors (Lipinski definition) is 5. The van der Waals surface area contributed by atoms with E-state index >= 15 is 0 Å². The maximum absolute atomic E-state index is 12.7. The summed E-state index contributed by atoms with van der Waals surface area (Å²) < 4.78 is 1.93. The van der Waals surface area contributed by atoms with Crippen molar-refractivity contribution in [2.75, 3.05) is 11.1 Å². The number of anilines is 1. The van der Waals surface area contributed by atoms with Gasteiger partial charge in [-0.05, 0) is 41.8 Å². The number of benzene rings is 2. The van der Waals surface area contributed by atoms with Gasteiger partial charge in [0.25, 0.3) is 0 Å². The minimum Gasteiger partial charge on any atom is -0.325 e. The highest BCUT2D eigenvalue weighted by Gasteiger charge is 2.18. The fraction of sp³-hybridized carbons (Fsp3) is 0.167. The van der Waals surface area contributed by atoms with Crippen molar-refractivity contribution in [3.05, 3.63) is 84.6 Å². The third kappa shape index (κ3) is 4.83. The molecule has 0 aliphatic heterocycles. The first-order valence-corrected chi connectivity index (χ1v) is 11.1. The highest BCUT2D eigenvalue weighted by atomic mass is 32.2. The molecule has 4 aromatic rings.